The van der Waals surface area contributed by atoms with E-state index >= 15 is 0 Å². The lowest BCUT2D eigenvalue weighted by molar-refractivity contribution is -0.128. The highest BCUT2D eigenvalue weighted by molar-refractivity contribution is 5.95. The van der Waals surface area contributed by atoms with Crippen molar-refractivity contribution < 1.29 is 28.5 Å². The van der Waals surface area contributed by atoms with Crippen LogP contribution in [0.4, 0.5) is 16.6 Å². The maximum Gasteiger partial charge on any atom is 0.409 e. The summed E-state index contributed by atoms with van der Waals surface area (Å²) in [5.74, 6) is 1.08. The highest BCUT2D eigenvalue weighted by Crippen LogP contribution is 2.36. The molecule has 2 aromatic carbocycles. The number of carbonyl (C=O) groups is 2. The number of methoxy groups -OCH3 is 2. The predicted octanol–water partition coefficient (Wildman–Crippen LogP) is 3.82. The second-order valence-corrected chi connectivity index (χ2v) is 10.9. The molecular formula is C33H39N7O6. The highest BCUT2D eigenvalue weighted by Gasteiger charge is 2.28. The van der Waals surface area contributed by atoms with Gasteiger partial charge >= 0.3 is 6.09 Å². The summed E-state index contributed by atoms with van der Waals surface area (Å²) < 4.78 is 22.0. The fourth-order valence-electron chi connectivity index (χ4n) is 5.50. The number of nitrogens with zero attached hydrogens (tertiary/aromatic N) is 5. The van der Waals surface area contributed by atoms with Crippen molar-refractivity contribution in [2.24, 2.45) is 5.10 Å². The van der Waals surface area contributed by atoms with E-state index in [9.17, 15) is 9.59 Å². The van der Waals surface area contributed by atoms with Crippen molar-refractivity contribution in [3.8, 4) is 11.5 Å². The van der Waals surface area contributed by atoms with Gasteiger partial charge in [-0.05, 0) is 54.2 Å². The number of hydrogen-bond donors (Lipinski definition) is 2. The Morgan fingerprint density at radius 2 is 1.89 bits per heavy atom. The molecule has 13 nitrogen and oxygen atoms in total. The van der Waals surface area contributed by atoms with E-state index < -0.39 is 0 Å². The van der Waals surface area contributed by atoms with Crippen molar-refractivity contribution in [3.05, 3.63) is 76.5 Å². The Morgan fingerprint density at radius 1 is 1.09 bits per heavy atom. The van der Waals surface area contributed by atoms with Crippen LogP contribution in [0.2, 0.25) is 0 Å². The van der Waals surface area contributed by atoms with Gasteiger partial charge in [-0.3, -0.25) is 4.79 Å². The first kappa shape index (κ1) is 32.2. The lowest BCUT2D eigenvalue weighted by atomic mass is 9.94. The lowest BCUT2D eigenvalue weighted by Gasteiger charge is -2.31. The molecular weight excluding hydrogens is 590 g/mol. The second-order valence-electron chi connectivity index (χ2n) is 10.9. The van der Waals surface area contributed by atoms with Crippen LogP contribution in [0.1, 0.15) is 53.1 Å². The number of rotatable bonds is 11. The molecule has 0 bridgehead atoms. The average Bonchev–Trinajstić information content (AvgIpc) is 3.08. The van der Waals surface area contributed by atoms with Gasteiger partial charge in [0.1, 0.15) is 5.82 Å². The van der Waals surface area contributed by atoms with Gasteiger partial charge in [0.2, 0.25) is 5.95 Å². The molecule has 0 radical (unpaired) electrons. The minimum Gasteiger partial charge on any atom is -0.493 e. The summed E-state index contributed by atoms with van der Waals surface area (Å²) in [7, 11) is 3.09. The molecule has 1 unspecified atom stereocenters. The van der Waals surface area contributed by atoms with Crippen molar-refractivity contribution in [1.29, 1.82) is 0 Å². The monoisotopic (exact) mass is 629 g/mol. The van der Waals surface area contributed by atoms with Gasteiger partial charge in [-0.25, -0.2) is 14.8 Å². The Bertz CT molecular complexity index is 1610. The Morgan fingerprint density at radius 3 is 2.65 bits per heavy atom. The van der Waals surface area contributed by atoms with Gasteiger partial charge in [-0.15, -0.1) is 0 Å². The van der Waals surface area contributed by atoms with Gasteiger partial charge < -0.3 is 35.3 Å². The van der Waals surface area contributed by atoms with E-state index in [0.717, 1.165) is 23.1 Å². The molecule has 2 aliphatic rings. The fourth-order valence-corrected chi connectivity index (χ4v) is 5.50. The number of anilines is 2. The van der Waals surface area contributed by atoms with E-state index in [2.05, 4.69) is 15.1 Å². The number of aromatic nitrogens is 2. The normalized spacial score (nSPS) is 15.9. The van der Waals surface area contributed by atoms with Crippen LogP contribution in [0.25, 0.3) is 6.08 Å². The molecule has 5 rings (SSSR count). The Kier molecular flexibility index (Phi) is 10.7. The van der Waals surface area contributed by atoms with Crippen LogP contribution in [0.3, 0.4) is 0 Å². The van der Waals surface area contributed by atoms with Gasteiger partial charge in [-0.1, -0.05) is 24.3 Å². The van der Waals surface area contributed by atoms with Gasteiger partial charge in [0.05, 0.1) is 46.3 Å². The topological polar surface area (TPSA) is 168 Å². The third-order valence-corrected chi connectivity index (χ3v) is 7.85. The highest BCUT2D eigenvalue weighted by atomic mass is 16.6. The number of benzene rings is 2. The van der Waals surface area contributed by atoms with Crippen LogP contribution in [0, 0.1) is 0 Å². The zero-order valence-electron chi connectivity index (χ0n) is 26.1. The number of morpholine rings is 1. The van der Waals surface area contributed by atoms with E-state index in [-0.39, 0.29) is 24.0 Å². The van der Waals surface area contributed by atoms with E-state index in [4.69, 9.17) is 30.4 Å². The first-order valence-corrected chi connectivity index (χ1v) is 15.1. The summed E-state index contributed by atoms with van der Waals surface area (Å²) in [6, 6.07) is 11.3. The van der Waals surface area contributed by atoms with Crippen molar-refractivity contribution in [2.75, 3.05) is 58.6 Å². The standard InChI is InChI=1S/C33H39N7O6/c1-43-28-19-22(18-25-20-36-32(35)38-31(25)34)17-23(30(28)44-2)10-11-29(41)40-27(26-8-4-3-7-24(26)21-37-40)9-5-6-14-46-33(42)39-12-15-45-16-13-39/h3-4,7-8,10-11,17,19-21,27H,5-6,9,12-16,18H2,1-2H3,(H4,34,35,36,38). The van der Waals surface area contributed by atoms with E-state index in [0.29, 0.717) is 80.6 Å². The molecule has 3 heterocycles. The fraction of sp³-hybridized carbons (Fsp3) is 0.364. The molecule has 4 N–H and O–H groups in total. The minimum absolute atomic E-state index is 0.101. The molecule has 1 fully saturated rings. The number of ether oxygens (including phenoxy) is 4. The Hall–Kier alpha value is -5.17. The van der Waals surface area contributed by atoms with E-state index in [1.807, 2.05) is 36.4 Å². The molecule has 0 aliphatic carbocycles. The molecule has 0 saturated carbocycles. The summed E-state index contributed by atoms with van der Waals surface area (Å²) >= 11 is 0. The molecule has 1 saturated heterocycles. The van der Waals surface area contributed by atoms with Crippen LogP contribution in [0.15, 0.2) is 53.8 Å². The van der Waals surface area contributed by atoms with Crippen molar-refractivity contribution in [2.45, 2.75) is 31.7 Å². The number of amides is 2. The van der Waals surface area contributed by atoms with Gasteiger partial charge in [-0.2, -0.15) is 10.1 Å². The average molecular weight is 630 g/mol. The van der Waals surface area contributed by atoms with Gasteiger partial charge in [0, 0.05) is 42.9 Å². The summed E-state index contributed by atoms with van der Waals surface area (Å²) in [5.41, 5.74) is 15.9. The molecule has 3 aromatic rings. The SMILES string of the molecule is COc1cc(Cc2cnc(N)nc2N)cc(C=CC(=O)N2N=Cc3ccccc3C2CCCCOC(=O)N2CCOCC2)c1OC. The summed E-state index contributed by atoms with van der Waals surface area (Å²) in [6.07, 6.45) is 8.57. The predicted molar refractivity (Wildman–Crippen MR) is 173 cm³/mol. The molecule has 1 aromatic heterocycles. The van der Waals surface area contributed by atoms with Crippen LogP contribution in [0.5, 0.6) is 11.5 Å². The maximum absolute atomic E-state index is 13.7. The molecule has 2 amide bonds. The Balaban J connectivity index is 1.29. The first-order chi connectivity index (χ1) is 22.4. The molecule has 13 heteroatoms. The van der Waals surface area contributed by atoms with Crippen LogP contribution < -0.4 is 20.9 Å². The van der Waals surface area contributed by atoms with E-state index in [1.54, 1.807) is 37.6 Å². The molecule has 0 spiro atoms. The largest absolute Gasteiger partial charge is 0.493 e. The summed E-state index contributed by atoms with van der Waals surface area (Å²) in [5, 5.41) is 6.03. The van der Waals surface area contributed by atoms with Crippen molar-refractivity contribution in [1.82, 2.24) is 19.9 Å². The van der Waals surface area contributed by atoms with E-state index in [1.165, 1.54) is 11.1 Å². The number of carbonyl (C=O) groups excluding carboxylic acids is 2. The number of nitrogen functional groups attached to an aromatic ring is 2. The minimum atomic E-state index is -0.320. The van der Waals surface area contributed by atoms with Gasteiger partial charge in [0.25, 0.3) is 5.91 Å². The Labute approximate surface area is 267 Å². The van der Waals surface area contributed by atoms with Crippen LogP contribution >= 0.6 is 0 Å². The lowest BCUT2D eigenvalue weighted by Crippen LogP contribution is -2.41. The third kappa shape index (κ3) is 7.72. The molecule has 46 heavy (non-hydrogen) atoms. The van der Waals surface area contributed by atoms with Crippen molar-refractivity contribution >= 4 is 36.1 Å². The molecule has 1 atom stereocenters. The number of hydrogen-bond acceptors (Lipinski definition) is 11. The maximum atomic E-state index is 13.7. The number of fused-ring (bicyclic) bond motifs is 1. The zero-order valence-corrected chi connectivity index (χ0v) is 26.1. The molecule has 2 aliphatic heterocycles. The number of nitrogens with two attached hydrogens (primary N) is 2. The number of hydrazone groups is 1. The van der Waals surface area contributed by atoms with Crippen LogP contribution in [-0.4, -0.2) is 85.2 Å². The third-order valence-electron chi connectivity index (χ3n) is 7.85. The first-order valence-electron chi connectivity index (χ1n) is 15.1. The second kappa shape index (κ2) is 15.2. The van der Waals surface area contributed by atoms with Crippen LogP contribution in [-0.2, 0) is 20.7 Å². The zero-order chi connectivity index (χ0) is 32.5. The van der Waals surface area contributed by atoms with Gasteiger partial charge in [0.15, 0.2) is 11.5 Å². The molecule has 242 valence electrons. The quantitative estimate of drug-likeness (QED) is 0.235. The van der Waals surface area contributed by atoms with Crippen molar-refractivity contribution in [3.63, 3.8) is 0 Å². The number of unbranched alkanes of at least 4 members (excludes halogenated alkanes) is 1. The smallest absolute Gasteiger partial charge is 0.409 e. The summed E-state index contributed by atoms with van der Waals surface area (Å²) in [6.45, 7) is 2.42. The summed E-state index contributed by atoms with van der Waals surface area (Å²) in [4.78, 5) is 35.7.